The first kappa shape index (κ1) is 13.4. The Morgan fingerprint density at radius 1 is 1.53 bits per heavy atom. The highest BCUT2D eigenvalue weighted by molar-refractivity contribution is 7.10. The standard InChI is InChI=1S/C12H15NO3S/c1-3-5-10(12(15)16-2)13-11(14)8-9-6-4-7-17-9/h4-7H,3,8H2,1-2H3,(H,13,14)/b10-5-. The van der Waals surface area contributed by atoms with Gasteiger partial charge in [0, 0.05) is 4.88 Å². The SMILES string of the molecule is CC/C=C(\NC(=O)Cc1cccs1)C(=O)OC. The number of carbonyl (C=O) groups is 2. The Bertz CT molecular complexity index is 409. The molecule has 1 N–H and O–H groups in total. The van der Waals surface area contributed by atoms with Gasteiger partial charge in [-0.15, -0.1) is 11.3 Å². The lowest BCUT2D eigenvalue weighted by atomic mass is 10.3. The Hall–Kier alpha value is -1.62. The molecule has 92 valence electrons. The summed E-state index contributed by atoms with van der Waals surface area (Å²) in [5, 5.41) is 4.47. The second-order valence-corrected chi connectivity index (χ2v) is 4.35. The van der Waals surface area contributed by atoms with Crippen LogP contribution in [0, 0.1) is 0 Å². The molecule has 0 fully saturated rings. The van der Waals surface area contributed by atoms with E-state index < -0.39 is 5.97 Å². The molecule has 1 aromatic heterocycles. The molecule has 0 saturated carbocycles. The summed E-state index contributed by atoms with van der Waals surface area (Å²) in [4.78, 5) is 24.0. The van der Waals surface area contributed by atoms with Crippen molar-refractivity contribution in [3.8, 4) is 0 Å². The van der Waals surface area contributed by atoms with Crippen LogP contribution in [0.3, 0.4) is 0 Å². The van der Waals surface area contributed by atoms with Crippen molar-refractivity contribution >= 4 is 23.2 Å². The van der Waals surface area contributed by atoms with Gasteiger partial charge in [-0.05, 0) is 17.9 Å². The maximum absolute atomic E-state index is 11.7. The molecule has 0 aliphatic heterocycles. The molecule has 0 aliphatic carbocycles. The van der Waals surface area contributed by atoms with E-state index in [9.17, 15) is 9.59 Å². The first-order valence-corrected chi connectivity index (χ1v) is 6.16. The van der Waals surface area contributed by atoms with Gasteiger partial charge in [-0.25, -0.2) is 4.79 Å². The molecule has 1 heterocycles. The van der Waals surface area contributed by atoms with Gasteiger partial charge in [0.2, 0.25) is 5.91 Å². The van der Waals surface area contributed by atoms with E-state index >= 15 is 0 Å². The zero-order chi connectivity index (χ0) is 12.7. The zero-order valence-corrected chi connectivity index (χ0v) is 10.7. The molecule has 0 bridgehead atoms. The van der Waals surface area contributed by atoms with Gasteiger partial charge in [0.15, 0.2) is 0 Å². The van der Waals surface area contributed by atoms with Crippen LogP contribution in [0.15, 0.2) is 29.3 Å². The fourth-order valence-corrected chi connectivity index (χ4v) is 1.97. The summed E-state index contributed by atoms with van der Waals surface area (Å²) in [6, 6.07) is 3.77. The number of carbonyl (C=O) groups excluding carboxylic acids is 2. The lowest BCUT2D eigenvalue weighted by molar-refractivity contribution is -0.137. The maximum Gasteiger partial charge on any atom is 0.354 e. The number of hydrogen-bond acceptors (Lipinski definition) is 4. The average Bonchev–Trinajstić information content (AvgIpc) is 2.80. The highest BCUT2D eigenvalue weighted by Crippen LogP contribution is 2.09. The Labute approximate surface area is 104 Å². The van der Waals surface area contributed by atoms with Gasteiger partial charge in [0.05, 0.1) is 13.5 Å². The highest BCUT2D eigenvalue weighted by Gasteiger charge is 2.13. The van der Waals surface area contributed by atoms with Crippen molar-refractivity contribution in [1.82, 2.24) is 5.32 Å². The summed E-state index contributed by atoms with van der Waals surface area (Å²) in [6.07, 6.45) is 2.57. The van der Waals surface area contributed by atoms with Crippen LogP contribution in [0.25, 0.3) is 0 Å². The molecule has 0 aromatic carbocycles. The Balaban J connectivity index is 2.59. The number of hydrogen-bond donors (Lipinski definition) is 1. The van der Waals surface area contributed by atoms with Crippen LogP contribution in [-0.4, -0.2) is 19.0 Å². The topological polar surface area (TPSA) is 55.4 Å². The number of nitrogens with one attached hydrogen (secondary N) is 1. The van der Waals surface area contributed by atoms with Crippen molar-refractivity contribution in [1.29, 1.82) is 0 Å². The van der Waals surface area contributed by atoms with Crippen molar-refractivity contribution in [2.75, 3.05) is 7.11 Å². The quantitative estimate of drug-likeness (QED) is 0.644. The average molecular weight is 253 g/mol. The van der Waals surface area contributed by atoms with Crippen molar-refractivity contribution in [3.05, 3.63) is 34.2 Å². The van der Waals surface area contributed by atoms with E-state index in [4.69, 9.17) is 0 Å². The number of thiophene rings is 1. The molecule has 0 spiro atoms. The number of rotatable bonds is 5. The third kappa shape index (κ3) is 4.40. The number of amides is 1. The summed E-state index contributed by atoms with van der Waals surface area (Å²) in [5.41, 5.74) is 0.205. The largest absolute Gasteiger partial charge is 0.464 e. The van der Waals surface area contributed by atoms with E-state index in [0.717, 1.165) is 4.88 Å². The molecule has 1 aromatic rings. The monoisotopic (exact) mass is 253 g/mol. The fraction of sp³-hybridized carbons (Fsp3) is 0.333. The second-order valence-electron chi connectivity index (χ2n) is 3.32. The lowest BCUT2D eigenvalue weighted by Gasteiger charge is -2.07. The maximum atomic E-state index is 11.7. The van der Waals surface area contributed by atoms with Gasteiger partial charge in [0.25, 0.3) is 0 Å². The molecule has 0 aliphatic rings. The second kappa shape index (κ2) is 6.85. The van der Waals surface area contributed by atoms with Crippen molar-refractivity contribution < 1.29 is 14.3 Å². The van der Waals surface area contributed by atoms with E-state index in [-0.39, 0.29) is 18.0 Å². The van der Waals surface area contributed by atoms with Crippen LogP contribution in [-0.2, 0) is 20.7 Å². The van der Waals surface area contributed by atoms with Gasteiger partial charge in [0.1, 0.15) is 5.70 Å². The molecular weight excluding hydrogens is 238 g/mol. The van der Waals surface area contributed by atoms with Gasteiger partial charge < -0.3 is 10.1 Å². The molecular formula is C12H15NO3S. The van der Waals surface area contributed by atoms with Crippen molar-refractivity contribution in [3.63, 3.8) is 0 Å². The summed E-state index contributed by atoms with van der Waals surface area (Å²) >= 11 is 1.51. The predicted octanol–water partition coefficient (Wildman–Crippen LogP) is 1.87. The minimum atomic E-state index is -0.522. The predicted molar refractivity (Wildman–Crippen MR) is 66.6 cm³/mol. The van der Waals surface area contributed by atoms with Crippen molar-refractivity contribution in [2.45, 2.75) is 19.8 Å². The van der Waals surface area contributed by atoms with E-state index in [1.54, 1.807) is 6.08 Å². The molecule has 0 saturated heterocycles. The summed E-state index contributed by atoms with van der Waals surface area (Å²) < 4.78 is 4.58. The molecule has 1 amide bonds. The number of allylic oxidation sites excluding steroid dienone is 1. The van der Waals surface area contributed by atoms with Gasteiger partial charge in [-0.1, -0.05) is 19.1 Å². The Kier molecular flexibility index (Phi) is 5.42. The summed E-state index contributed by atoms with van der Waals surface area (Å²) in [5.74, 6) is -0.732. The van der Waals surface area contributed by atoms with Crippen LogP contribution in [0.2, 0.25) is 0 Å². The minimum Gasteiger partial charge on any atom is -0.464 e. The van der Waals surface area contributed by atoms with Crippen LogP contribution < -0.4 is 5.32 Å². The van der Waals surface area contributed by atoms with Crippen molar-refractivity contribution in [2.24, 2.45) is 0 Å². The summed E-state index contributed by atoms with van der Waals surface area (Å²) in [6.45, 7) is 1.88. The normalized spacial score (nSPS) is 11.1. The Morgan fingerprint density at radius 2 is 2.29 bits per heavy atom. The first-order valence-electron chi connectivity index (χ1n) is 5.28. The van der Waals surface area contributed by atoms with Gasteiger partial charge >= 0.3 is 5.97 Å². The van der Waals surface area contributed by atoms with E-state index in [1.165, 1.54) is 18.4 Å². The molecule has 17 heavy (non-hydrogen) atoms. The van der Waals surface area contributed by atoms with Crippen LogP contribution in [0.4, 0.5) is 0 Å². The number of methoxy groups -OCH3 is 1. The smallest absolute Gasteiger partial charge is 0.354 e. The Morgan fingerprint density at radius 3 is 2.82 bits per heavy atom. The summed E-state index contributed by atoms with van der Waals surface area (Å²) in [7, 11) is 1.29. The van der Waals surface area contributed by atoms with Gasteiger partial charge in [-0.3, -0.25) is 4.79 Å². The molecule has 5 heteroatoms. The van der Waals surface area contributed by atoms with Crippen LogP contribution >= 0.6 is 11.3 Å². The lowest BCUT2D eigenvalue weighted by Crippen LogP contribution is -2.29. The van der Waals surface area contributed by atoms with E-state index in [0.29, 0.717) is 6.42 Å². The molecule has 0 atom stereocenters. The minimum absolute atomic E-state index is 0.205. The van der Waals surface area contributed by atoms with E-state index in [2.05, 4.69) is 10.1 Å². The third-order valence-corrected chi connectivity index (χ3v) is 2.88. The molecule has 4 nitrogen and oxygen atoms in total. The molecule has 0 unspecified atom stereocenters. The first-order chi connectivity index (χ1) is 8.17. The van der Waals surface area contributed by atoms with Crippen LogP contribution in [0.5, 0.6) is 0 Å². The van der Waals surface area contributed by atoms with Gasteiger partial charge in [-0.2, -0.15) is 0 Å². The highest BCUT2D eigenvalue weighted by atomic mass is 32.1. The zero-order valence-electron chi connectivity index (χ0n) is 9.86. The molecule has 0 radical (unpaired) electrons. The molecule has 1 rings (SSSR count). The van der Waals surface area contributed by atoms with E-state index in [1.807, 2.05) is 24.4 Å². The number of esters is 1. The number of ether oxygens (including phenoxy) is 1. The third-order valence-electron chi connectivity index (χ3n) is 2.00. The fourth-order valence-electron chi connectivity index (χ4n) is 1.27. The van der Waals surface area contributed by atoms with Crippen LogP contribution in [0.1, 0.15) is 18.2 Å².